The van der Waals surface area contributed by atoms with Crippen molar-refractivity contribution in [2.75, 3.05) is 0 Å². The average Bonchev–Trinajstić information content (AvgIpc) is 2.38. The molecule has 3 heteroatoms. The van der Waals surface area contributed by atoms with Gasteiger partial charge in [0.05, 0.1) is 0 Å². The third-order valence-corrected chi connectivity index (χ3v) is 3.22. The van der Waals surface area contributed by atoms with Gasteiger partial charge in [-0.1, -0.05) is 27.2 Å². The zero-order chi connectivity index (χ0) is 12.5. The van der Waals surface area contributed by atoms with Gasteiger partial charge in [0.2, 0.25) is 0 Å². The van der Waals surface area contributed by atoms with Crippen LogP contribution in [0.5, 0.6) is 0 Å². The van der Waals surface area contributed by atoms with E-state index in [1.807, 2.05) is 6.20 Å². The van der Waals surface area contributed by atoms with Gasteiger partial charge in [-0.25, -0.2) is 9.97 Å². The third kappa shape index (κ3) is 3.25. The Balaban J connectivity index is 2.27. The molecule has 2 N–H and O–H groups in total. The van der Waals surface area contributed by atoms with E-state index >= 15 is 0 Å². The van der Waals surface area contributed by atoms with Crippen LogP contribution in [0.1, 0.15) is 63.2 Å². The van der Waals surface area contributed by atoms with Gasteiger partial charge in [0.1, 0.15) is 5.82 Å². The summed E-state index contributed by atoms with van der Waals surface area (Å²) < 4.78 is 0. The molecule has 0 radical (unpaired) electrons. The summed E-state index contributed by atoms with van der Waals surface area (Å²) >= 11 is 0. The molecule has 0 bridgehead atoms. The molecule has 2 rings (SSSR count). The highest BCUT2D eigenvalue weighted by molar-refractivity contribution is 5.23. The van der Waals surface area contributed by atoms with Gasteiger partial charge >= 0.3 is 0 Å². The van der Waals surface area contributed by atoms with Crippen LogP contribution < -0.4 is 5.73 Å². The lowest BCUT2D eigenvalue weighted by Gasteiger charge is -2.18. The van der Waals surface area contributed by atoms with E-state index in [1.54, 1.807) is 0 Å². The Hall–Kier alpha value is -0.960. The number of nitrogens with two attached hydrogens (primary N) is 1. The Labute approximate surface area is 104 Å². The summed E-state index contributed by atoms with van der Waals surface area (Å²) in [5.41, 5.74) is 8.73. The van der Waals surface area contributed by atoms with Gasteiger partial charge < -0.3 is 5.73 Å². The summed E-state index contributed by atoms with van der Waals surface area (Å²) in [7, 11) is 0. The Kier molecular flexibility index (Phi) is 3.48. The first-order valence-electron chi connectivity index (χ1n) is 6.56. The van der Waals surface area contributed by atoms with Gasteiger partial charge in [-0.05, 0) is 24.7 Å². The standard InChI is InChI=1S/C14H23N3/c1-14(2,3)8-13-16-9-10-11(15)6-4-5-7-12(10)17-13/h9,11H,4-8,15H2,1-3H3. The van der Waals surface area contributed by atoms with E-state index in [0.29, 0.717) is 0 Å². The predicted octanol–water partition coefficient (Wildman–Crippen LogP) is 2.79. The first kappa shape index (κ1) is 12.5. The summed E-state index contributed by atoms with van der Waals surface area (Å²) in [6.07, 6.45) is 7.41. The van der Waals surface area contributed by atoms with Crippen LogP contribution in [0.3, 0.4) is 0 Å². The molecule has 1 aliphatic carbocycles. The van der Waals surface area contributed by atoms with E-state index in [1.165, 1.54) is 24.1 Å². The topological polar surface area (TPSA) is 51.8 Å². The molecule has 0 amide bonds. The van der Waals surface area contributed by atoms with Gasteiger partial charge in [0.15, 0.2) is 0 Å². The number of hydrogen-bond donors (Lipinski definition) is 1. The molecule has 0 fully saturated rings. The van der Waals surface area contributed by atoms with E-state index in [0.717, 1.165) is 25.1 Å². The molecule has 1 aromatic heterocycles. The highest BCUT2D eigenvalue weighted by Gasteiger charge is 2.19. The SMILES string of the molecule is CC(C)(C)Cc1ncc2c(n1)CCCCC2N. The van der Waals surface area contributed by atoms with Crippen molar-refractivity contribution in [3.63, 3.8) is 0 Å². The Morgan fingerprint density at radius 2 is 2.12 bits per heavy atom. The molecule has 0 saturated carbocycles. The molecule has 1 heterocycles. The number of aryl methyl sites for hydroxylation is 1. The fourth-order valence-corrected chi connectivity index (χ4v) is 2.35. The molecule has 17 heavy (non-hydrogen) atoms. The lowest BCUT2D eigenvalue weighted by atomic mass is 9.92. The molecule has 1 aromatic rings. The quantitative estimate of drug-likeness (QED) is 0.759. The maximum atomic E-state index is 6.14. The number of nitrogens with zero attached hydrogens (tertiary/aromatic N) is 2. The van der Waals surface area contributed by atoms with E-state index in [9.17, 15) is 0 Å². The highest BCUT2D eigenvalue weighted by atomic mass is 14.9. The van der Waals surface area contributed by atoms with E-state index in [-0.39, 0.29) is 11.5 Å². The summed E-state index contributed by atoms with van der Waals surface area (Å²) in [6.45, 7) is 6.65. The van der Waals surface area contributed by atoms with Crippen molar-refractivity contribution in [1.82, 2.24) is 9.97 Å². The number of rotatable bonds is 1. The monoisotopic (exact) mass is 233 g/mol. The lowest BCUT2D eigenvalue weighted by molar-refractivity contribution is 0.399. The Bertz CT molecular complexity index is 393. The fourth-order valence-electron chi connectivity index (χ4n) is 2.35. The van der Waals surface area contributed by atoms with E-state index in [4.69, 9.17) is 10.7 Å². The Morgan fingerprint density at radius 3 is 2.82 bits per heavy atom. The first-order chi connectivity index (χ1) is 7.96. The van der Waals surface area contributed by atoms with Crippen molar-refractivity contribution >= 4 is 0 Å². The second-order valence-corrected chi connectivity index (χ2v) is 6.28. The van der Waals surface area contributed by atoms with Crippen molar-refractivity contribution in [2.24, 2.45) is 11.1 Å². The van der Waals surface area contributed by atoms with Crippen molar-refractivity contribution in [3.8, 4) is 0 Å². The van der Waals surface area contributed by atoms with Crippen molar-refractivity contribution in [3.05, 3.63) is 23.3 Å². The van der Waals surface area contributed by atoms with Crippen molar-refractivity contribution < 1.29 is 0 Å². The van der Waals surface area contributed by atoms with Gasteiger partial charge in [-0.2, -0.15) is 0 Å². The van der Waals surface area contributed by atoms with Gasteiger partial charge in [0, 0.05) is 29.9 Å². The molecule has 1 unspecified atom stereocenters. The lowest BCUT2D eigenvalue weighted by Crippen LogP contribution is -2.16. The third-order valence-electron chi connectivity index (χ3n) is 3.22. The summed E-state index contributed by atoms with van der Waals surface area (Å²) in [6, 6.07) is 0.135. The maximum absolute atomic E-state index is 6.14. The number of aromatic nitrogens is 2. The molecule has 3 nitrogen and oxygen atoms in total. The number of hydrogen-bond acceptors (Lipinski definition) is 3. The smallest absolute Gasteiger partial charge is 0.129 e. The Morgan fingerprint density at radius 1 is 1.35 bits per heavy atom. The van der Waals surface area contributed by atoms with Gasteiger partial charge in [0.25, 0.3) is 0 Å². The van der Waals surface area contributed by atoms with Crippen LogP contribution in [0.4, 0.5) is 0 Å². The van der Waals surface area contributed by atoms with E-state index < -0.39 is 0 Å². The first-order valence-corrected chi connectivity index (χ1v) is 6.56. The van der Waals surface area contributed by atoms with Crippen LogP contribution in [0.15, 0.2) is 6.20 Å². The fraction of sp³-hybridized carbons (Fsp3) is 0.714. The van der Waals surface area contributed by atoms with Gasteiger partial charge in [-0.15, -0.1) is 0 Å². The minimum absolute atomic E-state index is 0.135. The summed E-state index contributed by atoms with van der Waals surface area (Å²) in [5, 5.41) is 0. The zero-order valence-electron chi connectivity index (χ0n) is 11.2. The maximum Gasteiger partial charge on any atom is 0.129 e. The molecular formula is C14H23N3. The van der Waals surface area contributed by atoms with Crippen LogP contribution in [-0.2, 0) is 12.8 Å². The minimum Gasteiger partial charge on any atom is -0.324 e. The van der Waals surface area contributed by atoms with Gasteiger partial charge in [-0.3, -0.25) is 0 Å². The van der Waals surface area contributed by atoms with Crippen molar-refractivity contribution in [1.29, 1.82) is 0 Å². The van der Waals surface area contributed by atoms with Crippen LogP contribution in [0, 0.1) is 5.41 Å². The summed E-state index contributed by atoms with van der Waals surface area (Å²) in [4.78, 5) is 9.20. The van der Waals surface area contributed by atoms with Crippen LogP contribution in [-0.4, -0.2) is 9.97 Å². The molecule has 0 spiro atoms. The predicted molar refractivity (Wildman–Crippen MR) is 69.7 cm³/mol. The molecule has 94 valence electrons. The number of fused-ring (bicyclic) bond motifs is 1. The molecule has 0 saturated heterocycles. The summed E-state index contributed by atoms with van der Waals surface area (Å²) in [5.74, 6) is 0.963. The zero-order valence-corrected chi connectivity index (χ0v) is 11.2. The molecular weight excluding hydrogens is 210 g/mol. The van der Waals surface area contributed by atoms with Crippen LogP contribution in [0.2, 0.25) is 0 Å². The molecule has 0 aromatic carbocycles. The molecule has 0 aliphatic heterocycles. The van der Waals surface area contributed by atoms with Crippen LogP contribution in [0.25, 0.3) is 0 Å². The highest BCUT2D eigenvalue weighted by Crippen LogP contribution is 2.26. The molecule has 1 aliphatic rings. The van der Waals surface area contributed by atoms with E-state index in [2.05, 4.69) is 25.8 Å². The molecule has 1 atom stereocenters. The van der Waals surface area contributed by atoms with Crippen LogP contribution >= 0.6 is 0 Å². The second kappa shape index (κ2) is 4.73. The van der Waals surface area contributed by atoms with Crippen molar-refractivity contribution in [2.45, 2.75) is 58.9 Å². The second-order valence-electron chi connectivity index (χ2n) is 6.28. The normalized spacial score (nSPS) is 20.8. The largest absolute Gasteiger partial charge is 0.324 e. The average molecular weight is 233 g/mol. The minimum atomic E-state index is 0.135.